The first-order valence-electron chi connectivity index (χ1n) is 5.84. The highest BCUT2D eigenvalue weighted by atomic mass is 16.5. The largest absolute Gasteiger partial charge is 0.506 e. The molecule has 0 radical (unpaired) electrons. The van der Waals surface area contributed by atoms with Gasteiger partial charge >= 0.3 is 0 Å². The van der Waals surface area contributed by atoms with Gasteiger partial charge in [-0.05, 0) is 18.4 Å². The predicted molar refractivity (Wildman–Crippen MR) is 69.0 cm³/mol. The quantitative estimate of drug-likeness (QED) is 0.755. The molecule has 2 N–H and O–H groups in total. The van der Waals surface area contributed by atoms with Gasteiger partial charge < -0.3 is 10.3 Å². The molecule has 0 spiro atoms. The van der Waals surface area contributed by atoms with Gasteiger partial charge in [0, 0.05) is 6.20 Å². The number of hydrogen-bond acceptors (Lipinski definition) is 5. The van der Waals surface area contributed by atoms with E-state index >= 15 is 0 Å². The monoisotopic (exact) mass is 257 g/mol. The van der Waals surface area contributed by atoms with E-state index in [0.717, 1.165) is 12.8 Å². The van der Waals surface area contributed by atoms with Gasteiger partial charge in [0.15, 0.2) is 5.65 Å². The van der Waals surface area contributed by atoms with E-state index in [1.807, 2.05) is 12.2 Å². The van der Waals surface area contributed by atoms with Crippen molar-refractivity contribution in [1.82, 2.24) is 14.7 Å². The SMILES string of the molecule is O=c1c(C2=CCCC=C2)c(O)c2cncnc2n1O. The topological polar surface area (TPSA) is 88.2 Å². The second-order valence-corrected chi connectivity index (χ2v) is 4.24. The number of nitrogens with zero attached hydrogens (tertiary/aromatic N) is 3. The van der Waals surface area contributed by atoms with Crippen LogP contribution in [-0.2, 0) is 0 Å². The van der Waals surface area contributed by atoms with Gasteiger partial charge in [-0.3, -0.25) is 4.79 Å². The molecule has 1 aliphatic rings. The molecule has 1 aliphatic carbocycles. The number of pyridine rings is 1. The molecule has 0 fully saturated rings. The molecule has 0 aromatic carbocycles. The summed E-state index contributed by atoms with van der Waals surface area (Å²) in [6.07, 6.45) is 9.78. The molecule has 6 nitrogen and oxygen atoms in total. The zero-order valence-electron chi connectivity index (χ0n) is 9.95. The Morgan fingerprint density at radius 3 is 2.89 bits per heavy atom. The summed E-state index contributed by atoms with van der Waals surface area (Å²) in [5, 5.41) is 20.3. The average molecular weight is 257 g/mol. The minimum atomic E-state index is -0.693. The van der Waals surface area contributed by atoms with E-state index in [4.69, 9.17) is 0 Å². The minimum Gasteiger partial charge on any atom is -0.506 e. The van der Waals surface area contributed by atoms with E-state index in [1.165, 1.54) is 12.5 Å². The third kappa shape index (κ3) is 1.69. The van der Waals surface area contributed by atoms with Crippen LogP contribution < -0.4 is 5.56 Å². The van der Waals surface area contributed by atoms with Gasteiger partial charge in [-0.25, -0.2) is 9.97 Å². The van der Waals surface area contributed by atoms with Crippen molar-refractivity contribution < 1.29 is 10.3 Å². The Labute approximate surface area is 107 Å². The fraction of sp³-hybridized carbons (Fsp3) is 0.154. The standard InChI is InChI=1S/C13H11N3O3/c17-11-9-6-14-7-15-12(9)16(19)13(18)10(11)8-4-2-1-3-5-8/h2,4-7,17,19H,1,3H2. The molecule has 3 rings (SSSR count). The molecule has 0 aliphatic heterocycles. The summed E-state index contributed by atoms with van der Waals surface area (Å²) in [5.41, 5.74) is -0.0359. The van der Waals surface area contributed by atoms with Crippen molar-refractivity contribution in [3.8, 4) is 5.75 Å². The lowest BCUT2D eigenvalue weighted by molar-refractivity contribution is 0.185. The molecule has 2 heterocycles. The van der Waals surface area contributed by atoms with Crippen LogP contribution in [0.3, 0.4) is 0 Å². The summed E-state index contributed by atoms with van der Waals surface area (Å²) in [6.45, 7) is 0. The molecule has 0 amide bonds. The molecule has 0 saturated heterocycles. The minimum absolute atomic E-state index is 0.0124. The van der Waals surface area contributed by atoms with Crippen LogP contribution in [0.5, 0.6) is 5.75 Å². The maximum absolute atomic E-state index is 12.1. The number of allylic oxidation sites excluding steroid dienone is 4. The fourth-order valence-electron chi connectivity index (χ4n) is 2.16. The number of fused-ring (bicyclic) bond motifs is 1. The van der Waals surface area contributed by atoms with Crippen LogP contribution in [0.4, 0.5) is 0 Å². The van der Waals surface area contributed by atoms with Crippen molar-refractivity contribution in [3.05, 3.63) is 46.7 Å². The van der Waals surface area contributed by atoms with E-state index in [-0.39, 0.29) is 22.3 Å². The van der Waals surface area contributed by atoms with Gasteiger partial charge in [-0.1, -0.05) is 18.2 Å². The Morgan fingerprint density at radius 2 is 2.16 bits per heavy atom. The van der Waals surface area contributed by atoms with Crippen LogP contribution in [0, 0.1) is 0 Å². The summed E-state index contributed by atoms with van der Waals surface area (Å²) in [6, 6.07) is 0. The molecule has 96 valence electrons. The molecule has 6 heteroatoms. The highest BCUT2D eigenvalue weighted by Crippen LogP contribution is 2.30. The summed E-state index contributed by atoms with van der Waals surface area (Å²) in [7, 11) is 0. The molecule has 2 aromatic rings. The maximum atomic E-state index is 12.1. The van der Waals surface area contributed by atoms with E-state index in [2.05, 4.69) is 9.97 Å². The van der Waals surface area contributed by atoms with Crippen LogP contribution in [0.2, 0.25) is 0 Å². The second-order valence-electron chi connectivity index (χ2n) is 4.24. The molecule has 0 bridgehead atoms. The van der Waals surface area contributed by atoms with Crippen LogP contribution in [0.1, 0.15) is 18.4 Å². The van der Waals surface area contributed by atoms with Crippen LogP contribution in [-0.4, -0.2) is 25.0 Å². The third-order valence-electron chi connectivity index (χ3n) is 3.07. The first kappa shape index (κ1) is 11.5. The van der Waals surface area contributed by atoms with Crippen LogP contribution in [0.15, 0.2) is 35.5 Å². The number of aromatic nitrogens is 3. The lowest BCUT2D eigenvalue weighted by Gasteiger charge is -2.11. The molecule has 0 atom stereocenters. The van der Waals surface area contributed by atoms with Gasteiger partial charge in [-0.15, -0.1) is 4.73 Å². The van der Waals surface area contributed by atoms with E-state index < -0.39 is 5.56 Å². The Morgan fingerprint density at radius 1 is 1.32 bits per heavy atom. The van der Waals surface area contributed by atoms with E-state index in [9.17, 15) is 15.1 Å². The lowest BCUT2D eigenvalue weighted by Crippen LogP contribution is -2.22. The third-order valence-corrected chi connectivity index (χ3v) is 3.07. The summed E-state index contributed by atoms with van der Waals surface area (Å²) in [5.74, 6) is -0.205. The Hall–Kier alpha value is -2.63. The van der Waals surface area contributed by atoms with Crippen molar-refractivity contribution >= 4 is 16.6 Å². The summed E-state index contributed by atoms with van der Waals surface area (Å²) < 4.78 is 0.440. The average Bonchev–Trinajstić information content (AvgIpc) is 2.46. The van der Waals surface area contributed by atoms with Crippen molar-refractivity contribution in [1.29, 1.82) is 0 Å². The molecule has 0 unspecified atom stereocenters. The van der Waals surface area contributed by atoms with Crippen molar-refractivity contribution in [2.75, 3.05) is 0 Å². The number of rotatable bonds is 1. The van der Waals surface area contributed by atoms with Crippen LogP contribution in [0.25, 0.3) is 16.6 Å². The van der Waals surface area contributed by atoms with Gasteiger partial charge in [0.05, 0.1) is 10.9 Å². The lowest BCUT2D eigenvalue weighted by atomic mass is 9.99. The van der Waals surface area contributed by atoms with Gasteiger partial charge in [-0.2, -0.15) is 0 Å². The summed E-state index contributed by atoms with van der Waals surface area (Å²) >= 11 is 0. The van der Waals surface area contributed by atoms with Crippen LogP contribution >= 0.6 is 0 Å². The van der Waals surface area contributed by atoms with Gasteiger partial charge in [0.25, 0.3) is 5.56 Å². The van der Waals surface area contributed by atoms with Crippen molar-refractivity contribution in [2.45, 2.75) is 12.8 Å². The first-order valence-corrected chi connectivity index (χ1v) is 5.84. The Kier molecular flexibility index (Phi) is 2.56. The predicted octanol–water partition coefficient (Wildman–Crippen LogP) is 1.47. The van der Waals surface area contributed by atoms with E-state index in [0.29, 0.717) is 10.3 Å². The van der Waals surface area contributed by atoms with Gasteiger partial charge in [0.1, 0.15) is 12.1 Å². The first-order chi connectivity index (χ1) is 9.20. The zero-order chi connectivity index (χ0) is 13.4. The molecule has 2 aromatic heterocycles. The smallest absolute Gasteiger partial charge is 0.296 e. The van der Waals surface area contributed by atoms with E-state index in [1.54, 1.807) is 6.08 Å². The highest BCUT2D eigenvalue weighted by molar-refractivity contribution is 5.89. The molecule has 19 heavy (non-hydrogen) atoms. The summed E-state index contributed by atoms with van der Waals surface area (Å²) in [4.78, 5) is 19.7. The number of hydrogen-bond donors (Lipinski definition) is 2. The van der Waals surface area contributed by atoms with Crippen molar-refractivity contribution in [3.63, 3.8) is 0 Å². The van der Waals surface area contributed by atoms with Gasteiger partial charge in [0.2, 0.25) is 0 Å². The molecule has 0 saturated carbocycles. The Bertz CT molecular complexity index is 775. The maximum Gasteiger partial charge on any atom is 0.296 e. The van der Waals surface area contributed by atoms with Crippen molar-refractivity contribution in [2.24, 2.45) is 0 Å². The highest BCUT2D eigenvalue weighted by Gasteiger charge is 2.19. The normalized spacial score (nSPS) is 14.6. The number of aromatic hydroxyl groups is 1. The zero-order valence-corrected chi connectivity index (χ0v) is 9.95. The fourth-order valence-corrected chi connectivity index (χ4v) is 2.16. The second kappa shape index (κ2) is 4.24. The Balaban J connectivity index is 2.40. The molecular weight excluding hydrogens is 246 g/mol. The molecular formula is C13H11N3O3.